The number of nitrogens with zero attached hydrogens (tertiary/aromatic N) is 2. The second-order valence-corrected chi connectivity index (χ2v) is 6.65. The highest BCUT2D eigenvalue weighted by molar-refractivity contribution is 5.98. The summed E-state index contributed by atoms with van der Waals surface area (Å²) in [5, 5.41) is 22.6. The van der Waals surface area contributed by atoms with Gasteiger partial charge in [0.05, 0.1) is 0 Å². The molecule has 1 heterocycles. The number of piperidine rings is 1. The Labute approximate surface area is 146 Å². The van der Waals surface area contributed by atoms with Crippen molar-refractivity contribution in [2.75, 3.05) is 19.6 Å². The van der Waals surface area contributed by atoms with Crippen molar-refractivity contribution < 1.29 is 24.2 Å². The Balaban J connectivity index is 2.47. The molecular formula is C16H24N4O5. The number of carbonyl (C=O) groups excluding carboxylic acids is 2. The van der Waals surface area contributed by atoms with E-state index in [9.17, 15) is 14.4 Å². The normalized spacial score (nSPS) is 15.9. The van der Waals surface area contributed by atoms with E-state index in [0.717, 1.165) is 0 Å². The van der Waals surface area contributed by atoms with Crippen molar-refractivity contribution in [3.63, 3.8) is 0 Å². The van der Waals surface area contributed by atoms with E-state index in [0.29, 0.717) is 25.9 Å². The molecule has 1 aliphatic heterocycles. The first-order valence-electron chi connectivity index (χ1n) is 7.96. The molecule has 1 rings (SSSR count). The van der Waals surface area contributed by atoms with Crippen LogP contribution in [0.2, 0.25) is 0 Å². The molecule has 0 aromatic carbocycles. The lowest BCUT2D eigenvalue weighted by Gasteiger charge is -2.33. The minimum atomic E-state index is -1.19. The van der Waals surface area contributed by atoms with E-state index in [4.69, 9.17) is 15.1 Å². The van der Waals surface area contributed by atoms with E-state index in [1.54, 1.807) is 11.0 Å². The van der Waals surface area contributed by atoms with Gasteiger partial charge in [-0.25, -0.2) is 4.79 Å². The number of hydrogen-bond donors (Lipinski definition) is 3. The van der Waals surface area contributed by atoms with Crippen LogP contribution in [0.15, 0.2) is 11.8 Å². The van der Waals surface area contributed by atoms with E-state index in [2.05, 4.69) is 10.6 Å². The van der Waals surface area contributed by atoms with Gasteiger partial charge < -0.3 is 25.4 Å². The Bertz CT molecular complexity index is 580. The van der Waals surface area contributed by atoms with E-state index >= 15 is 0 Å². The molecule has 3 N–H and O–H groups in total. The highest BCUT2D eigenvalue weighted by Crippen LogP contribution is 2.15. The van der Waals surface area contributed by atoms with E-state index in [-0.39, 0.29) is 17.7 Å². The molecule has 0 spiro atoms. The Kier molecular flexibility index (Phi) is 7.23. The zero-order valence-corrected chi connectivity index (χ0v) is 14.7. The summed E-state index contributed by atoms with van der Waals surface area (Å²) < 4.78 is 5.32. The summed E-state index contributed by atoms with van der Waals surface area (Å²) >= 11 is 0. The number of nitriles is 1. The molecule has 25 heavy (non-hydrogen) atoms. The summed E-state index contributed by atoms with van der Waals surface area (Å²) in [6, 6.07) is 1.74. The molecule has 0 saturated carbocycles. The van der Waals surface area contributed by atoms with Crippen LogP contribution in [0.1, 0.15) is 33.6 Å². The Morgan fingerprint density at radius 3 is 2.40 bits per heavy atom. The molecular weight excluding hydrogens is 328 g/mol. The maximum Gasteiger partial charge on any atom is 0.410 e. The molecule has 138 valence electrons. The number of amides is 2. The van der Waals surface area contributed by atoms with E-state index < -0.39 is 24.0 Å². The summed E-state index contributed by atoms with van der Waals surface area (Å²) in [6.45, 7) is 5.89. The fourth-order valence-electron chi connectivity index (χ4n) is 2.16. The molecule has 9 heteroatoms. The third kappa shape index (κ3) is 7.56. The maximum absolute atomic E-state index is 12.0. The van der Waals surface area contributed by atoms with E-state index in [1.165, 1.54) is 6.20 Å². The number of carboxylic acids is 1. The van der Waals surface area contributed by atoms with Crippen molar-refractivity contribution in [2.24, 2.45) is 0 Å². The number of carbonyl (C=O) groups is 3. The third-order valence-corrected chi connectivity index (χ3v) is 3.38. The molecule has 0 unspecified atom stereocenters. The summed E-state index contributed by atoms with van der Waals surface area (Å²) in [4.78, 5) is 35.7. The molecule has 0 bridgehead atoms. The first kappa shape index (κ1) is 20.3. The number of likely N-dealkylation sites (tertiary alicyclic amines) is 1. The molecule has 0 aromatic rings. The smallest absolute Gasteiger partial charge is 0.410 e. The van der Waals surface area contributed by atoms with Crippen molar-refractivity contribution in [3.8, 4) is 6.07 Å². The summed E-state index contributed by atoms with van der Waals surface area (Å²) in [5.41, 5.74) is -0.740. The topological polar surface area (TPSA) is 132 Å². The minimum Gasteiger partial charge on any atom is -0.480 e. The van der Waals surface area contributed by atoms with Crippen LogP contribution in [0.3, 0.4) is 0 Å². The third-order valence-electron chi connectivity index (χ3n) is 3.38. The lowest BCUT2D eigenvalue weighted by molar-refractivity contribution is -0.137. The SMILES string of the molecule is CC(C)(C)OC(=O)N1CCC(N/C=C(/C#N)C(=O)NCC(=O)O)CC1. The largest absolute Gasteiger partial charge is 0.480 e. The molecule has 0 radical (unpaired) electrons. The average molecular weight is 352 g/mol. The van der Waals surface area contributed by atoms with Crippen LogP contribution in [0.25, 0.3) is 0 Å². The molecule has 0 aromatic heterocycles. The van der Waals surface area contributed by atoms with Crippen LogP contribution >= 0.6 is 0 Å². The Hall–Kier alpha value is -2.76. The fourth-order valence-corrected chi connectivity index (χ4v) is 2.16. The maximum atomic E-state index is 12.0. The molecule has 0 atom stereocenters. The molecule has 9 nitrogen and oxygen atoms in total. The highest BCUT2D eigenvalue weighted by Gasteiger charge is 2.26. The van der Waals surface area contributed by atoms with Gasteiger partial charge >= 0.3 is 12.1 Å². The van der Waals surface area contributed by atoms with Crippen molar-refractivity contribution in [1.82, 2.24) is 15.5 Å². The van der Waals surface area contributed by atoms with Gasteiger partial charge in [0.1, 0.15) is 23.8 Å². The average Bonchev–Trinajstić information content (AvgIpc) is 2.52. The van der Waals surface area contributed by atoms with Gasteiger partial charge in [-0.3, -0.25) is 9.59 Å². The molecule has 1 saturated heterocycles. The van der Waals surface area contributed by atoms with Crippen LogP contribution in [0.5, 0.6) is 0 Å². The molecule has 0 aliphatic carbocycles. The predicted octanol–water partition coefficient (Wildman–Crippen LogP) is 0.584. The predicted molar refractivity (Wildman–Crippen MR) is 88.3 cm³/mol. The fraction of sp³-hybridized carbons (Fsp3) is 0.625. The Morgan fingerprint density at radius 1 is 1.32 bits per heavy atom. The van der Waals surface area contributed by atoms with Gasteiger partial charge in [-0.2, -0.15) is 5.26 Å². The summed E-state index contributed by atoms with van der Waals surface area (Å²) in [6.07, 6.45) is 2.22. The second kappa shape index (κ2) is 8.92. The van der Waals surface area contributed by atoms with Gasteiger partial charge in [0.25, 0.3) is 5.91 Å². The van der Waals surface area contributed by atoms with Gasteiger partial charge in [-0.15, -0.1) is 0 Å². The number of ether oxygens (including phenoxy) is 1. The standard InChI is InChI=1S/C16H24N4O5/c1-16(2,3)25-15(24)20-6-4-12(5-7-20)18-9-11(8-17)14(23)19-10-13(21)22/h9,12,18H,4-7,10H2,1-3H3,(H,19,23)(H,21,22)/b11-9-. The lowest BCUT2D eigenvalue weighted by Crippen LogP contribution is -2.45. The zero-order valence-electron chi connectivity index (χ0n) is 14.7. The van der Waals surface area contributed by atoms with Crippen LogP contribution in [-0.4, -0.2) is 59.3 Å². The first-order valence-corrected chi connectivity index (χ1v) is 7.96. The Morgan fingerprint density at radius 2 is 1.92 bits per heavy atom. The van der Waals surface area contributed by atoms with Crippen molar-refractivity contribution >= 4 is 18.0 Å². The highest BCUT2D eigenvalue weighted by atomic mass is 16.6. The van der Waals surface area contributed by atoms with E-state index in [1.807, 2.05) is 20.8 Å². The van der Waals surface area contributed by atoms with Crippen molar-refractivity contribution in [1.29, 1.82) is 5.26 Å². The van der Waals surface area contributed by atoms with Crippen LogP contribution in [0.4, 0.5) is 4.79 Å². The monoisotopic (exact) mass is 352 g/mol. The number of carboxylic acid groups (broad SMARTS) is 1. The van der Waals surface area contributed by atoms with Crippen molar-refractivity contribution in [2.45, 2.75) is 45.3 Å². The van der Waals surface area contributed by atoms with Gasteiger partial charge in [0, 0.05) is 25.3 Å². The van der Waals surface area contributed by atoms with Gasteiger partial charge in [0.15, 0.2) is 0 Å². The number of aliphatic carboxylic acids is 1. The zero-order chi connectivity index (χ0) is 19.0. The van der Waals surface area contributed by atoms with Crippen LogP contribution in [0, 0.1) is 11.3 Å². The van der Waals surface area contributed by atoms with Crippen molar-refractivity contribution in [3.05, 3.63) is 11.8 Å². The number of rotatable bonds is 5. The van der Waals surface area contributed by atoms with Crippen LogP contribution < -0.4 is 10.6 Å². The second-order valence-electron chi connectivity index (χ2n) is 6.65. The molecule has 1 fully saturated rings. The lowest BCUT2D eigenvalue weighted by atomic mass is 10.1. The van der Waals surface area contributed by atoms with Crippen LogP contribution in [-0.2, 0) is 14.3 Å². The molecule has 2 amide bonds. The minimum absolute atomic E-state index is 0.00862. The summed E-state index contributed by atoms with van der Waals surface area (Å²) in [5.74, 6) is -1.93. The number of nitrogens with one attached hydrogen (secondary N) is 2. The molecule has 1 aliphatic rings. The summed E-state index contributed by atoms with van der Waals surface area (Å²) in [7, 11) is 0. The first-order chi connectivity index (χ1) is 11.6. The van der Waals surface area contributed by atoms with Gasteiger partial charge in [-0.1, -0.05) is 0 Å². The van der Waals surface area contributed by atoms with Gasteiger partial charge in [-0.05, 0) is 33.6 Å². The number of hydrogen-bond acceptors (Lipinski definition) is 6. The van der Waals surface area contributed by atoms with Gasteiger partial charge in [0.2, 0.25) is 0 Å². The quantitative estimate of drug-likeness (QED) is 0.487.